The lowest BCUT2D eigenvalue weighted by Gasteiger charge is -2.34. The van der Waals surface area contributed by atoms with Crippen LogP contribution in [0.1, 0.15) is 47.1 Å². The van der Waals surface area contributed by atoms with Gasteiger partial charge < -0.3 is 19.7 Å². The molecule has 2 aromatic carbocycles. The lowest BCUT2D eigenvalue weighted by atomic mass is 9.72. The Bertz CT molecular complexity index is 1210. The topological polar surface area (TPSA) is 84.6 Å². The van der Waals surface area contributed by atoms with Crippen LogP contribution in [0.15, 0.2) is 58.3 Å². The van der Waals surface area contributed by atoms with E-state index in [2.05, 4.69) is 10.5 Å². The second-order valence-electron chi connectivity index (χ2n) is 7.97. The number of phenols is 1. The molecule has 7 heteroatoms. The molecule has 0 unspecified atom stereocenters. The summed E-state index contributed by atoms with van der Waals surface area (Å²) in [6.45, 7) is 1.86. The molecule has 6 nitrogen and oxygen atoms in total. The largest absolute Gasteiger partial charge is 0.504 e. The predicted molar refractivity (Wildman–Crippen MR) is 117 cm³/mol. The summed E-state index contributed by atoms with van der Waals surface area (Å²) < 4.78 is 10.7. The molecule has 0 amide bonds. The first-order chi connectivity index (χ1) is 15.0. The first-order valence-electron chi connectivity index (χ1n) is 10.1. The van der Waals surface area contributed by atoms with Crippen molar-refractivity contribution in [3.63, 3.8) is 0 Å². The number of aryl methyl sites for hydroxylation is 1. The molecule has 1 aliphatic heterocycles. The van der Waals surface area contributed by atoms with Gasteiger partial charge in [0.1, 0.15) is 0 Å². The maximum absolute atomic E-state index is 13.5. The van der Waals surface area contributed by atoms with Crippen LogP contribution in [-0.2, 0) is 4.79 Å². The number of methoxy groups -OCH3 is 1. The Kier molecular flexibility index (Phi) is 4.74. The number of anilines is 1. The molecule has 2 atom stereocenters. The van der Waals surface area contributed by atoms with Crippen LogP contribution in [0.3, 0.4) is 0 Å². The minimum atomic E-state index is -0.368. The highest BCUT2D eigenvalue weighted by molar-refractivity contribution is 6.30. The number of Topliss-reactive ketones (excluding diaryl/α,β-unsaturated/α-hetero) is 1. The number of halogens is 1. The fraction of sp³-hybridized carbons (Fsp3) is 0.250. The van der Waals surface area contributed by atoms with Crippen LogP contribution in [0.5, 0.6) is 11.5 Å². The summed E-state index contributed by atoms with van der Waals surface area (Å²) >= 11 is 6.03. The van der Waals surface area contributed by atoms with Gasteiger partial charge in [-0.25, -0.2) is 0 Å². The first kappa shape index (κ1) is 19.7. The minimum absolute atomic E-state index is 0.0265. The predicted octanol–water partition coefficient (Wildman–Crippen LogP) is 5.31. The Balaban J connectivity index is 1.61. The molecule has 0 fully saturated rings. The highest BCUT2D eigenvalue weighted by Crippen LogP contribution is 2.49. The van der Waals surface area contributed by atoms with E-state index in [1.807, 2.05) is 37.3 Å². The van der Waals surface area contributed by atoms with Crippen LogP contribution in [0.4, 0.5) is 5.88 Å². The van der Waals surface area contributed by atoms with E-state index in [0.717, 1.165) is 22.4 Å². The minimum Gasteiger partial charge on any atom is -0.504 e. The normalized spacial score (nSPS) is 20.2. The van der Waals surface area contributed by atoms with Gasteiger partial charge in [-0.05, 0) is 54.7 Å². The van der Waals surface area contributed by atoms with E-state index in [-0.39, 0.29) is 23.4 Å². The quantitative estimate of drug-likeness (QED) is 0.578. The molecule has 3 aromatic rings. The molecule has 5 rings (SSSR count). The van der Waals surface area contributed by atoms with E-state index in [1.54, 1.807) is 12.1 Å². The smallest absolute Gasteiger partial charge is 0.233 e. The molecule has 0 spiro atoms. The summed E-state index contributed by atoms with van der Waals surface area (Å²) in [5.41, 5.74) is 4.93. The number of ketones is 1. The van der Waals surface area contributed by atoms with Crippen molar-refractivity contribution in [3.8, 4) is 11.5 Å². The maximum Gasteiger partial charge on any atom is 0.233 e. The van der Waals surface area contributed by atoms with Crippen molar-refractivity contribution in [1.82, 2.24) is 5.16 Å². The average Bonchev–Trinajstić information content (AvgIpc) is 3.13. The van der Waals surface area contributed by atoms with Gasteiger partial charge in [0.25, 0.3) is 0 Å². The molecule has 2 heterocycles. The van der Waals surface area contributed by atoms with E-state index < -0.39 is 0 Å². The van der Waals surface area contributed by atoms with Gasteiger partial charge in [0.15, 0.2) is 17.3 Å². The first-order valence-corrected chi connectivity index (χ1v) is 10.5. The highest BCUT2D eigenvalue weighted by atomic mass is 35.5. The lowest BCUT2D eigenvalue weighted by Crippen LogP contribution is -2.29. The Morgan fingerprint density at radius 3 is 2.61 bits per heavy atom. The van der Waals surface area contributed by atoms with Crippen molar-refractivity contribution in [2.24, 2.45) is 0 Å². The van der Waals surface area contributed by atoms with E-state index in [0.29, 0.717) is 40.8 Å². The second kappa shape index (κ2) is 7.46. The van der Waals surface area contributed by atoms with Gasteiger partial charge in [-0.2, -0.15) is 0 Å². The Labute approximate surface area is 184 Å². The number of nitrogens with zero attached hydrogens (tertiary/aromatic N) is 1. The molecule has 2 aliphatic rings. The van der Waals surface area contributed by atoms with E-state index in [1.165, 1.54) is 7.11 Å². The molecule has 1 aromatic heterocycles. The maximum atomic E-state index is 13.5. The number of carbonyl (C=O) groups is 1. The number of aromatic nitrogens is 1. The number of nitrogens with one attached hydrogen (secondary N) is 1. The van der Waals surface area contributed by atoms with Gasteiger partial charge >= 0.3 is 0 Å². The van der Waals surface area contributed by atoms with Crippen molar-refractivity contribution in [2.45, 2.75) is 31.6 Å². The number of ether oxygens (including phenoxy) is 1. The highest BCUT2D eigenvalue weighted by Gasteiger charge is 2.41. The van der Waals surface area contributed by atoms with Gasteiger partial charge in [-0.15, -0.1) is 0 Å². The number of rotatable bonds is 3. The summed E-state index contributed by atoms with van der Waals surface area (Å²) in [6, 6.07) is 12.9. The zero-order valence-corrected chi connectivity index (χ0v) is 17.9. The molecule has 2 N–H and O–H groups in total. The summed E-state index contributed by atoms with van der Waals surface area (Å²) in [5.74, 6) is 0.700. The number of allylic oxidation sites excluding steroid dienone is 2. The van der Waals surface area contributed by atoms with Gasteiger partial charge in [0.05, 0.1) is 18.4 Å². The molecule has 0 saturated heterocycles. The summed E-state index contributed by atoms with van der Waals surface area (Å²) in [6.07, 6.45) is 1.07. The van der Waals surface area contributed by atoms with Crippen molar-refractivity contribution in [1.29, 1.82) is 0 Å². The molecule has 0 radical (unpaired) electrons. The number of phenolic OH excluding ortho intramolecular Hbond substituents is 1. The molecular weight excluding hydrogens is 416 g/mol. The van der Waals surface area contributed by atoms with Crippen LogP contribution in [0.25, 0.3) is 0 Å². The summed E-state index contributed by atoms with van der Waals surface area (Å²) in [4.78, 5) is 13.5. The zero-order valence-electron chi connectivity index (χ0n) is 17.1. The van der Waals surface area contributed by atoms with Crippen LogP contribution in [0.2, 0.25) is 5.02 Å². The average molecular weight is 437 g/mol. The zero-order chi connectivity index (χ0) is 21.7. The third-order valence-electron chi connectivity index (χ3n) is 6.14. The Morgan fingerprint density at radius 1 is 1.16 bits per heavy atom. The monoisotopic (exact) mass is 436 g/mol. The number of hydrogen-bond donors (Lipinski definition) is 2. The molecule has 1 aliphatic carbocycles. The molecule has 158 valence electrons. The van der Waals surface area contributed by atoms with Crippen LogP contribution in [0, 0.1) is 6.92 Å². The summed E-state index contributed by atoms with van der Waals surface area (Å²) in [7, 11) is 1.50. The van der Waals surface area contributed by atoms with Crippen molar-refractivity contribution < 1.29 is 19.2 Å². The Hall–Kier alpha value is -3.25. The van der Waals surface area contributed by atoms with Gasteiger partial charge in [0, 0.05) is 28.6 Å². The fourth-order valence-electron chi connectivity index (χ4n) is 4.66. The fourth-order valence-corrected chi connectivity index (χ4v) is 4.79. The number of hydrogen-bond acceptors (Lipinski definition) is 6. The number of benzene rings is 2. The van der Waals surface area contributed by atoms with E-state index >= 15 is 0 Å². The van der Waals surface area contributed by atoms with Crippen LogP contribution >= 0.6 is 11.6 Å². The van der Waals surface area contributed by atoms with E-state index in [9.17, 15) is 9.90 Å². The molecule has 0 bridgehead atoms. The third-order valence-corrected chi connectivity index (χ3v) is 6.39. The standard InChI is InChI=1S/C24H21ClN2O4/c1-12-21-22(14-5-8-20(30-2)18(28)10-14)23-17(26-24(21)31-27-12)9-15(11-19(23)29)13-3-6-16(25)7-4-13/h3-8,10,15,22,26,28H,9,11H2,1-2H3/t15-,22-/m1/s1. The van der Waals surface area contributed by atoms with Crippen molar-refractivity contribution in [3.05, 3.63) is 81.1 Å². The number of fused-ring (bicyclic) bond motifs is 1. The van der Waals surface area contributed by atoms with Crippen molar-refractivity contribution in [2.75, 3.05) is 12.4 Å². The van der Waals surface area contributed by atoms with Crippen LogP contribution < -0.4 is 10.1 Å². The third kappa shape index (κ3) is 3.27. The number of aromatic hydroxyl groups is 1. The molecule has 0 saturated carbocycles. The SMILES string of the molecule is COc1ccc([C@H]2C3=C(C[C@@H](c4ccc(Cl)cc4)CC3=O)Nc3onc(C)c32)cc1O. The Morgan fingerprint density at radius 2 is 1.90 bits per heavy atom. The van der Waals surface area contributed by atoms with Gasteiger partial charge in [-0.1, -0.05) is 35.0 Å². The second-order valence-corrected chi connectivity index (χ2v) is 8.41. The lowest BCUT2D eigenvalue weighted by molar-refractivity contribution is -0.116. The van der Waals surface area contributed by atoms with Crippen molar-refractivity contribution >= 4 is 23.3 Å². The molecule has 31 heavy (non-hydrogen) atoms. The summed E-state index contributed by atoms with van der Waals surface area (Å²) in [5, 5.41) is 18.5. The molecular formula is C24H21ClN2O4. The number of carbonyl (C=O) groups excluding carboxylic acids is 1. The van der Waals surface area contributed by atoms with E-state index in [4.69, 9.17) is 20.9 Å². The van der Waals surface area contributed by atoms with Gasteiger partial charge in [0.2, 0.25) is 5.88 Å². The van der Waals surface area contributed by atoms with Gasteiger partial charge in [-0.3, -0.25) is 4.79 Å². The van der Waals surface area contributed by atoms with Crippen LogP contribution in [-0.4, -0.2) is 23.2 Å².